The zero-order valence-electron chi connectivity index (χ0n) is 15.3. The Morgan fingerprint density at radius 2 is 1.96 bits per heavy atom. The summed E-state index contributed by atoms with van der Waals surface area (Å²) in [7, 11) is 0. The Bertz CT molecular complexity index is 931. The molecule has 0 bridgehead atoms. The van der Waals surface area contributed by atoms with E-state index in [1.54, 1.807) is 17.5 Å². The van der Waals surface area contributed by atoms with Crippen molar-refractivity contribution in [1.82, 2.24) is 15.0 Å². The Morgan fingerprint density at radius 3 is 2.74 bits per heavy atom. The predicted molar refractivity (Wildman–Crippen MR) is 108 cm³/mol. The minimum absolute atomic E-state index is 0.236. The number of carbonyl (C=O) groups excluding carboxylic acids is 1. The second kappa shape index (κ2) is 7.96. The summed E-state index contributed by atoms with van der Waals surface area (Å²) >= 11 is 1.71. The minimum atomic E-state index is 0.236. The number of aldehydes is 1. The summed E-state index contributed by atoms with van der Waals surface area (Å²) < 4.78 is 0. The summed E-state index contributed by atoms with van der Waals surface area (Å²) in [5.74, 6) is 2.27. The van der Waals surface area contributed by atoms with Gasteiger partial charge in [0.05, 0.1) is 15.6 Å². The number of nitrogens with zero attached hydrogens (tertiary/aromatic N) is 3. The first kappa shape index (κ1) is 17.8. The molecule has 3 aromatic heterocycles. The molecule has 1 saturated carbocycles. The quantitative estimate of drug-likeness (QED) is 0.624. The maximum Gasteiger partial charge on any atom is 0.132 e. The lowest BCUT2D eigenvalue weighted by Crippen LogP contribution is -2.13. The third-order valence-corrected chi connectivity index (χ3v) is 6.19. The van der Waals surface area contributed by atoms with E-state index >= 15 is 0 Å². The summed E-state index contributed by atoms with van der Waals surface area (Å²) in [6.45, 7) is 2.04. The first-order valence-electron chi connectivity index (χ1n) is 9.29. The van der Waals surface area contributed by atoms with Crippen LogP contribution in [0.3, 0.4) is 0 Å². The zero-order valence-corrected chi connectivity index (χ0v) is 16.1. The molecule has 0 radical (unpaired) electrons. The Morgan fingerprint density at radius 1 is 1.11 bits per heavy atom. The van der Waals surface area contributed by atoms with Crippen LogP contribution in [0.4, 0.5) is 11.6 Å². The van der Waals surface area contributed by atoms with E-state index in [1.807, 2.05) is 43.5 Å². The standard InChI is InChI=1S/C21H22N4OS/c1-14-9-10-22-20(11-14)25-19-4-2-3-17(24-19)18-12-23-21(27-18)16-7-5-15(13-26)6-8-16/h2-4,9-13,15-16H,5-8H2,1H3,(H,22,24,25)/t15-,16-. The lowest BCUT2D eigenvalue weighted by Gasteiger charge is -2.23. The lowest BCUT2D eigenvalue weighted by molar-refractivity contribution is -0.111. The van der Waals surface area contributed by atoms with Crippen molar-refractivity contribution >= 4 is 29.3 Å². The summed E-state index contributed by atoms with van der Waals surface area (Å²) in [4.78, 5) is 25.7. The highest BCUT2D eigenvalue weighted by Crippen LogP contribution is 2.38. The fourth-order valence-corrected chi connectivity index (χ4v) is 4.53. The van der Waals surface area contributed by atoms with Crippen molar-refractivity contribution in [3.05, 3.63) is 53.3 Å². The molecule has 27 heavy (non-hydrogen) atoms. The third kappa shape index (κ3) is 4.22. The van der Waals surface area contributed by atoms with Crippen LogP contribution in [0.15, 0.2) is 42.7 Å². The van der Waals surface area contributed by atoms with E-state index in [-0.39, 0.29) is 5.92 Å². The first-order chi connectivity index (χ1) is 13.2. The van der Waals surface area contributed by atoms with Crippen LogP contribution < -0.4 is 5.32 Å². The van der Waals surface area contributed by atoms with E-state index < -0.39 is 0 Å². The van der Waals surface area contributed by atoms with Crippen molar-refractivity contribution < 1.29 is 4.79 Å². The van der Waals surface area contributed by atoms with Gasteiger partial charge < -0.3 is 10.1 Å². The van der Waals surface area contributed by atoms with Gasteiger partial charge in [-0.15, -0.1) is 11.3 Å². The van der Waals surface area contributed by atoms with Gasteiger partial charge in [0.15, 0.2) is 0 Å². The van der Waals surface area contributed by atoms with Crippen molar-refractivity contribution in [2.75, 3.05) is 5.32 Å². The average Bonchev–Trinajstić information content (AvgIpc) is 3.19. The highest BCUT2D eigenvalue weighted by atomic mass is 32.1. The SMILES string of the molecule is Cc1ccnc(Nc2cccc(-c3cnc([C@H]4CC[C@H](C=O)CC4)s3)n2)c1. The number of aromatic nitrogens is 3. The Hall–Kier alpha value is -2.60. The monoisotopic (exact) mass is 378 g/mol. The fraction of sp³-hybridized carbons (Fsp3) is 0.333. The molecule has 1 fully saturated rings. The van der Waals surface area contributed by atoms with E-state index in [1.165, 1.54) is 0 Å². The van der Waals surface area contributed by atoms with Gasteiger partial charge in [0.25, 0.3) is 0 Å². The largest absolute Gasteiger partial charge is 0.325 e. The van der Waals surface area contributed by atoms with Gasteiger partial charge in [-0.25, -0.2) is 15.0 Å². The van der Waals surface area contributed by atoms with Crippen molar-refractivity contribution in [2.45, 2.75) is 38.5 Å². The number of anilines is 2. The molecule has 0 amide bonds. The number of hydrogen-bond acceptors (Lipinski definition) is 6. The number of aryl methyl sites for hydroxylation is 1. The Kier molecular flexibility index (Phi) is 5.25. The van der Waals surface area contributed by atoms with Gasteiger partial charge >= 0.3 is 0 Å². The smallest absolute Gasteiger partial charge is 0.132 e. The molecule has 0 aliphatic heterocycles. The molecule has 1 N–H and O–H groups in total. The highest BCUT2D eigenvalue weighted by molar-refractivity contribution is 7.15. The Labute approximate surface area is 162 Å². The number of nitrogens with one attached hydrogen (secondary N) is 1. The number of rotatable bonds is 5. The molecule has 3 heterocycles. The molecule has 0 atom stereocenters. The molecule has 0 spiro atoms. The van der Waals surface area contributed by atoms with Crippen molar-refractivity contribution in [1.29, 1.82) is 0 Å². The maximum atomic E-state index is 10.9. The third-order valence-electron chi connectivity index (χ3n) is 5.01. The molecule has 138 valence electrons. The van der Waals surface area contributed by atoms with Crippen LogP contribution in [-0.4, -0.2) is 21.2 Å². The van der Waals surface area contributed by atoms with Crippen LogP contribution in [-0.2, 0) is 4.79 Å². The number of thiazole rings is 1. The number of pyridine rings is 2. The van der Waals surface area contributed by atoms with E-state index in [9.17, 15) is 4.79 Å². The van der Waals surface area contributed by atoms with Crippen molar-refractivity contribution in [3.8, 4) is 10.6 Å². The van der Waals surface area contributed by atoms with Gasteiger partial charge in [-0.3, -0.25) is 0 Å². The molecule has 1 aliphatic carbocycles. The second-order valence-corrected chi connectivity index (χ2v) is 8.12. The van der Waals surface area contributed by atoms with Crippen LogP contribution in [0.1, 0.15) is 42.2 Å². The minimum Gasteiger partial charge on any atom is -0.325 e. The van der Waals surface area contributed by atoms with Gasteiger partial charge in [-0.2, -0.15) is 0 Å². The summed E-state index contributed by atoms with van der Waals surface area (Å²) in [6, 6.07) is 9.91. The fourth-order valence-electron chi connectivity index (χ4n) is 3.47. The molecule has 0 aromatic carbocycles. The summed E-state index contributed by atoms with van der Waals surface area (Å²) in [5.41, 5.74) is 2.07. The van der Waals surface area contributed by atoms with E-state index in [4.69, 9.17) is 4.98 Å². The molecular weight excluding hydrogens is 356 g/mol. The van der Waals surface area contributed by atoms with Crippen molar-refractivity contribution in [3.63, 3.8) is 0 Å². The van der Waals surface area contributed by atoms with Gasteiger partial charge in [0.1, 0.15) is 17.9 Å². The molecular formula is C21H22N4OS. The van der Waals surface area contributed by atoms with Gasteiger partial charge in [0, 0.05) is 24.2 Å². The first-order valence-corrected chi connectivity index (χ1v) is 10.1. The van der Waals surface area contributed by atoms with Gasteiger partial charge in [-0.1, -0.05) is 6.07 Å². The molecule has 4 rings (SSSR count). The lowest BCUT2D eigenvalue weighted by atomic mass is 9.83. The normalized spacial score (nSPS) is 19.6. The topological polar surface area (TPSA) is 67.8 Å². The van der Waals surface area contributed by atoms with Crippen LogP contribution in [0, 0.1) is 12.8 Å². The Balaban J connectivity index is 1.49. The second-order valence-electron chi connectivity index (χ2n) is 7.06. The molecule has 3 aromatic rings. The molecule has 0 unspecified atom stereocenters. The predicted octanol–water partition coefficient (Wildman–Crippen LogP) is 5.12. The molecule has 5 nitrogen and oxygen atoms in total. The molecule has 1 aliphatic rings. The number of hydrogen-bond donors (Lipinski definition) is 1. The van der Waals surface area contributed by atoms with Crippen LogP contribution >= 0.6 is 11.3 Å². The number of carbonyl (C=O) groups is 1. The average molecular weight is 379 g/mol. The summed E-state index contributed by atoms with van der Waals surface area (Å²) in [5, 5.41) is 4.43. The highest BCUT2D eigenvalue weighted by Gasteiger charge is 2.24. The van der Waals surface area contributed by atoms with E-state index in [0.717, 1.165) is 64.7 Å². The van der Waals surface area contributed by atoms with Crippen LogP contribution in [0.2, 0.25) is 0 Å². The van der Waals surface area contributed by atoms with Crippen molar-refractivity contribution in [2.24, 2.45) is 5.92 Å². The van der Waals surface area contributed by atoms with Crippen LogP contribution in [0.25, 0.3) is 10.6 Å². The van der Waals surface area contributed by atoms with E-state index in [2.05, 4.69) is 15.3 Å². The van der Waals surface area contributed by atoms with Crippen LogP contribution in [0.5, 0.6) is 0 Å². The van der Waals surface area contributed by atoms with Gasteiger partial charge in [0.2, 0.25) is 0 Å². The zero-order chi connectivity index (χ0) is 18.6. The summed E-state index contributed by atoms with van der Waals surface area (Å²) in [6.07, 6.45) is 8.86. The molecule has 6 heteroatoms. The van der Waals surface area contributed by atoms with Gasteiger partial charge in [-0.05, 0) is 62.4 Å². The van der Waals surface area contributed by atoms with E-state index in [0.29, 0.717) is 5.92 Å². The molecule has 0 saturated heterocycles. The maximum absolute atomic E-state index is 10.9.